The second-order valence-corrected chi connectivity index (χ2v) is 19.3. The molecule has 0 radical (unpaired) electrons. The van der Waals surface area contributed by atoms with Crippen LogP contribution in [-0.4, -0.2) is 24.5 Å². The van der Waals surface area contributed by atoms with E-state index >= 15 is 0 Å². The van der Waals surface area contributed by atoms with Gasteiger partial charge in [-0.1, -0.05) is 194 Å². The van der Waals surface area contributed by atoms with Crippen LogP contribution in [0.25, 0.3) is 84.0 Å². The van der Waals surface area contributed by atoms with Gasteiger partial charge in [-0.25, -0.2) is 4.98 Å². The van der Waals surface area contributed by atoms with Gasteiger partial charge in [0.05, 0.1) is 11.6 Å². The van der Waals surface area contributed by atoms with Gasteiger partial charge < -0.3 is 19.4 Å². The molecule has 13 rings (SSSR count). The zero-order valence-corrected chi connectivity index (χ0v) is 43.7. The fourth-order valence-corrected chi connectivity index (χ4v) is 10.4. The van der Waals surface area contributed by atoms with Crippen LogP contribution in [0.4, 0.5) is 22.7 Å². The minimum Gasteiger partial charge on any atom is -0.488 e. The molecule has 75 heavy (non-hydrogen) atoms. The Bertz CT molecular complexity index is 3980. The number of anilines is 4. The fourth-order valence-electron chi connectivity index (χ4n) is 10.4. The van der Waals surface area contributed by atoms with Crippen molar-refractivity contribution < 1.29 is 21.1 Å². The molecular formula is C67H48N7Pt-3. The van der Waals surface area contributed by atoms with Gasteiger partial charge in [0.2, 0.25) is 0 Å². The summed E-state index contributed by atoms with van der Waals surface area (Å²) in [5.41, 5.74) is 16.1. The Morgan fingerprint density at radius 1 is 0.467 bits per heavy atom. The molecule has 1 aliphatic heterocycles. The molecule has 364 valence electrons. The molecule has 0 fully saturated rings. The fraction of sp³-hybridized carbons (Fsp3) is 0.0597. The SMILES string of the molecule is Cc1ccc(-c2nc(-c3[c-]c(N4[CH-]N(c5c(-c6ccccc6)cccc5-c5ccccc5)c5ccccc54)ccc3)nc(-c3[c-]c4c(cc3)c3ccccc3n4-c3cc(C(C)(C)c4ccccc4)ccn3)n2)cc1.[Pt]. The van der Waals surface area contributed by atoms with Gasteiger partial charge in [0.25, 0.3) is 0 Å². The van der Waals surface area contributed by atoms with E-state index in [9.17, 15) is 0 Å². The zero-order valence-electron chi connectivity index (χ0n) is 41.5. The Hall–Kier alpha value is -8.77. The number of hydrogen-bond acceptors (Lipinski definition) is 6. The quantitative estimate of drug-likeness (QED) is 0.127. The van der Waals surface area contributed by atoms with Crippen molar-refractivity contribution in [3.63, 3.8) is 0 Å². The molecule has 0 amide bonds. The number of benzene rings is 9. The topological polar surface area (TPSA) is 63.0 Å². The van der Waals surface area contributed by atoms with Crippen LogP contribution in [0.5, 0.6) is 0 Å². The third kappa shape index (κ3) is 8.59. The molecule has 7 nitrogen and oxygen atoms in total. The Kier molecular flexibility index (Phi) is 12.3. The van der Waals surface area contributed by atoms with Crippen molar-refractivity contribution in [3.05, 3.63) is 266 Å². The third-order valence-electron chi connectivity index (χ3n) is 14.3. The zero-order chi connectivity index (χ0) is 49.8. The smallest absolute Gasteiger partial charge is 0.144 e. The van der Waals surface area contributed by atoms with Crippen LogP contribution < -0.4 is 9.80 Å². The molecule has 0 aliphatic carbocycles. The largest absolute Gasteiger partial charge is 0.488 e. The average molecular weight is 1150 g/mol. The van der Waals surface area contributed by atoms with Gasteiger partial charge in [-0.05, 0) is 70.4 Å². The Balaban J connectivity index is 0.00000569. The first kappa shape index (κ1) is 47.2. The summed E-state index contributed by atoms with van der Waals surface area (Å²) in [6.45, 7) is 8.79. The van der Waals surface area contributed by atoms with Crippen molar-refractivity contribution in [1.82, 2.24) is 24.5 Å². The van der Waals surface area contributed by atoms with Gasteiger partial charge >= 0.3 is 0 Å². The van der Waals surface area contributed by atoms with Crippen LogP contribution in [-0.2, 0) is 26.5 Å². The van der Waals surface area contributed by atoms with Crippen LogP contribution in [0.2, 0.25) is 0 Å². The van der Waals surface area contributed by atoms with Crippen LogP contribution in [0.15, 0.2) is 231 Å². The summed E-state index contributed by atoms with van der Waals surface area (Å²) in [4.78, 5) is 25.2. The van der Waals surface area contributed by atoms with Crippen molar-refractivity contribution in [2.45, 2.75) is 26.2 Å². The number of para-hydroxylation sites is 4. The molecule has 0 atom stereocenters. The molecule has 0 saturated carbocycles. The molecule has 0 unspecified atom stereocenters. The van der Waals surface area contributed by atoms with Crippen molar-refractivity contribution in [1.29, 1.82) is 0 Å². The summed E-state index contributed by atoms with van der Waals surface area (Å²) in [7, 11) is 0. The molecule has 9 aromatic carbocycles. The summed E-state index contributed by atoms with van der Waals surface area (Å²) in [5.74, 6) is 2.38. The molecule has 8 heteroatoms. The molecule has 3 aromatic heterocycles. The van der Waals surface area contributed by atoms with Gasteiger partial charge in [-0.15, -0.1) is 60.3 Å². The van der Waals surface area contributed by atoms with Crippen LogP contribution >= 0.6 is 0 Å². The first-order valence-electron chi connectivity index (χ1n) is 25.0. The van der Waals surface area contributed by atoms with E-state index in [0.29, 0.717) is 17.5 Å². The van der Waals surface area contributed by atoms with Crippen LogP contribution in [0.1, 0.15) is 30.5 Å². The maximum absolute atomic E-state index is 5.28. The summed E-state index contributed by atoms with van der Waals surface area (Å²) in [6.07, 6.45) is 1.91. The maximum atomic E-state index is 5.28. The van der Waals surface area contributed by atoms with Crippen molar-refractivity contribution in [2.24, 2.45) is 0 Å². The van der Waals surface area contributed by atoms with E-state index in [1.54, 1.807) is 0 Å². The summed E-state index contributed by atoms with van der Waals surface area (Å²) < 4.78 is 2.22. The Morgan fingerprint density at radius 2 is 1.05 bits per heavy atom. The second-order valence-electron chi connectivity index (χ2n) is 19.3. The van der Waals surface area contributed by atoms with E-state index in [0.717, 1.165) is 100 Å². The minimum absolute atomic E-state index is 0. The molecule has 12 aromatic rings. The first-order chi connectivity index (χ1) is 36.4. The molecule has 1 aliphatic rings. The first-order valence-corrected chi connectivity index (χ1v) is 25.0. The van der Waals surface area contributed by atoms with E-state index in [-0.39, 0.29) is 26.5 Å². The third-order valence-corrected chi connectivity index (χ3v) is 14.3. The van der Waals surface area contributed by atoms with Gasteiger partial charge in [0, 0.05) is 71.9 Å². The number of pyridine rings is 1. The second kappa shape index (κ2) is 19.6. The Labute approximate surface area is 451 Å². The molecular weight excluding hydrogens is 1100 g/mol. The summed E-state index contributed by atoms with van der Waals surface area (Å²) in [5, 5.41) is 2.17. The number of fused-ring (bicyclic) bond motifs is 4. The number of aryl methyl sites for hydroxylation is 1. The molecule has 4 heterocycles. The maximum Gasteiger partial charge on any atom is 0.144 e. The van der Waals surface area contributed by atoms with Gasteiger partial charge in [-0.2, -0.15) is 0 Å². The van der Waals surface area contributed by atoms with E-state index < -0.39 is 0 Å². The number of rotatable bonds is 10. The van der Waals surface area contributed by atoms with Gasteiger partial charge in [-0.3, -0.25) is 9.97 Å². The van der Waals surface area contributed by atoms with E-state index in [4.69, 9.17) is 19.9 Å². The van der Waals surface area contributed by atoms with Crippen molar-refractivity contribution in [2.75, 3.05) is 9.80 Å². The number of aromatic nitrogens is 5. The number of nitrogens with zero attached hydrogens (tertiary/aromatic N) is 7. The van der Waals surface area contributed by atoms with Gasteiger partial charge in [0.15, 0.2) is 0 Å². The molecule has 0 saturated heterocycles. The average Bonchev–Trinajstić information content (AvgIpc) is 4.03. The Morgan fingerprint density at radius 3 is 1.75 bits per heavy atom. The van der Waals surface area contributed by atoms with Crippen molar-refractivity contribution in [3.8, 4) is 62.2 Å². The predicted octanol–water partition coefficient (Wildman–Crippen LogP) is 16.3. The standard InChI is InChI=1S/C67H48N7.Pt/c1-45-33-35-48(36-34-45)64-69-65(71-66(70-64)50-37-38-57-56-27-13-14-30-58(56)74(61(57)42-50)62-43-52(39-40-68-62)67(2,3)51-24-11-6-12-25-51)49-23-17-26-53(41-49)72-44-73(60-32-16-15-31-59(60)72)63-54(46-19-7-4-8-20-46)28-18-29-55(63)47-21-9-5-10-22-47;/h4-40,43-44H,1-3H3;/q-3;. The van der Waals surface area contributed by atoms with E-state index in [2.05, 4.69) is 272 Å². The van der Waals surface area contributed by atoms with E-state index in [1.165, 1.54) is 5.56 Å². The molecule has 0 spiro atoms. The summed E-state index contributed by atoms with van der Waals surface area (Å²) in [6, 6.07) is 86.1. The summed E-state index contributed by atoms with van der Waals surface area (Å²) >= 11 is 0. The molecule has 0 N–H and O–H groups in total. The number of hydrogen-bond donors (Lipinski definition) is 0. The molecule has 0 bridgehead atoms. The minimum atomic E-state index is -0.260. The predicted molar refractivity (Wildman–Crippen MR) is 302 cm³/mol. The van der Waals surface area contributed by atoms with Crippen LogP contribution in [0.3, 0.4) is 0 Å². The van der Waals surface area contributed by atoms with Gasteiger partial charge in [0.1, 0.15) is 11.6 Å². The van der Waals surface area contributed by atoms with E-state index in [1.807, 2.05) is 12.3 Å². The van der Waals surface area contributed by atoms with Crippen LogP contribution in [0, 0.1) is 25.7 Å². The normalized spacial score (nSPS) is 12.3. The van der Waals surface area contributed by atoms with Crippen molar-refractivity contribution >= 4 is 44.6 Å². The monoisotopic (exact) mass is 1150 g/mol.